The van der Waals surface area contributed by atoms with E-state index in [-0.39, 0.29) is 0 Å². The third-order valence-corrected chi connectivity index (χ3v) is 3.05. The van der Waals surface area contributed by atoms with E-state index >= 15 is 0 Å². The number of pyridine rings is 1. The third kappa shape index (κ3) is 4.48. The lowest BCUT2D eigenvalue weighted by Gasteiger charge is -2.02. The predicted molar refractivity (Wildman–Crippen MR) is 88.4 cm³/mol. The third-order valence-electron chi connectivity index (χ3n) is 2.55. The number of methoxy groups -OCH3 is 1. The molecule has 4 nitrogen and oxygen atoms in total. The molecule has 2 aromatic rings. The van der Waals surface area contributed by atoms with Gasteiger partial charge in [-0.15, -0.1) is 0 Å². The summed E-state index contributed by atoms with van der Waals surface area (Å²) in [6.45, 7) is 0. The van der Waals surface area contributed by atoms with Crippen molar-refractivity contribution in [2.45, 2.75) is 0 Å². The lowest BCUT2D eigenvalue weighted by molar-refractivity contribution is 0.414. The summed E-state index contributed by atoms with van der Waals surface area (Å²) < 4.78 is 5.25. The number of nitrogens with zero attached hydrogens (tertiary/aromatic N) is 2. The van der Waals surface area contributed by atoms with Gasteiger partial charge in [0.15, 0.2) is 5.82 Å². The van der Waals surface area contributed by atoms with Crippen molar-refractivity contribution in [1.82, 2.24) is 4.98 Å². The molecular formula is C15H13Cl2N3O. The van der Waals surface area contributed by atoms with Crippen molar-refractivity contribution in [1.29, 1.82) is 0 Å². The number of ether oxygens (including phenoxy) is 1. The number of hydrogen-bond acceptors (Lipinski definition) is 4. The molecule has 1 heterocycles. The fourth-order valence-corrected chi connectivity index (χ4v) is 2.01. The molecule has 108 valence electrons. The second kappa shape index (κ2) is 7.67. The first-order valence-electron chi connectivity index (χ1n) is 6.10. The van der Waals surface area contributed by atoms with Gasteiger partial charge in [0.25, 0.3) is 0 Å². The Morgan fingerprint density at radius 3 is 2.86 bits per heavy atom. The zero-order valence-electron chi connectivity index (χ0n) is 11.3. The molecule has 0 bridgehead atoms. The van der Waals surface area contributed by atoms with Crippen LogP contribution in [0.15, 0.2) is 47.7 Å². The van der Waals surface area contributed by atoms with Crippen molar-refractivity contribution < 1.29 is 4.74 Å². The van der Waals surface area contributed by atoms with Crippen LogP contribution < -0.4 is 10.2 Å². The van der Waals surface area contributed by atoms with Crippen LogP contribution in [0.25, 0.3) is 6.08 Å². The first-order chi connectivity index (χ1) is 10.2. The number of allylic oxidation sites excluding steroid dienone is 1. The summed E-state index contributed by atoms with van der Waals surface area (Å²) in [5, 5.41) is 4.90. The Morgan fingerprint density at radius 1 is 1.29 bits per heavy atom. The van der Waals surface area contributed by atoms with Gasteiger partial charge >= 0.3 is 0 Å². The summed E-state index contributed by atoms with van der Waals surface area (Å²) >= 11 is 11.7. The number of anilines is 1. The smallest absolute Gasteiger partial charge is 0.165 e. The van der Waals surface area contributed by atoms with Gasteiger partial charge in [0.05, 0.1) is 17.2 Å². The van der Waals surface area contributed by atoms with Gasteiger partial charge in [0.2, 0.25) is 0 Å². The number of aromatic nitrogens is 1. The van der Waals surface area contributed by atoms with Gasteiger partial charge in [-0.3, -0.25) is 5.43 Å². The molecule has 2 rings (SSSR count). The van der Waals surface area contributed by atoms with Crippen molar-refractivity contribution in [3.63, 3.8) is 0 Å². The van der Waals surface area contributed by atoms with Crippen molar-refractivity contribution in [3.8, 4) is 5.75 Å². The Balaban J connectivity index is 1.97. The topological polar surface area (TPSA) is 46.5 Å². The minimum atomic E-state index is 0.411. The van der Waals surface area contributed by atoms with Gasteiger partial charge in [-0.25, -0.2) is 4.98 Å². The summed E-state index contributed by atoms with van der Waals surface area (Å²) in [6, 6.07) is 9.30. The Labute approximate surface area is 133 Å². The lowest BCUT2D eigenvalue weighted by Crippen LogP contribution is -1.92. The number of para-hydroxylation sites is 1. The lowest BCUT2D eigenvalue weighted by atomic mass is 10.2. The van der Waals surface area contributed by atoms with Gasteiger partial charge in [0, 0.05) is 18.0 Å². The van der Waals surface area contributed by atoms with Crippen LogP contribution in [0.5, 0.6) is 5.75 Å². The van der Waals surface area contributed by atoms with E-state index in [2.05, 4.69) is 15.5 Å². The monoisotopic (exact) mass is 321 g/mol. The Hall–Kier alpha value is -2.04. The molecule has 1 aromatic carbocycles. The van der Waals surface area contributed by atoms with E-state index in [1.165, 1.54) is 6.20 Å². The summed E-state index contributed by atoms with van der Waals surface area (Å²) in [5.41, 5.74) is 3.71. The molecule has 0 unspecified atom stereocenters. The normalized spacial score (nSPS) is 11.2. The minimum Gasteiger partial charge on any atom is -0.496 e. The molecule has 6 heteroatoms. The molecule has 0 amide bonds. The van der Waals surface area contributed by atoms with Crippen LogP contribution in [0.4, 0.5) is 5.82 Å². The molecule has 0 saturated heterocycles. The highest BCUT2D eigenvalue weighted by Gasteiger charge is 2.00. The maximum absolute atomic E-state index is 5.96. The maximum atomic E-state index is 5.96. The van der Waals surface area contributed by atoms with Crippen molar-refractivity contribution in [3.05, 3.63) is 58.2 Å². The SMILES string of the molecule is COc1ccccc1/C=C/C=N/Nc1ncc(Cl)cc1Cl. The number of halogens is 2. The summed E-state index contributed by atoms with van der Waals surface area (Å²) in [7, 11) is 1.64. The van der Waals surface area contributed by atoms with Crippen LogP contribution in [0.3, 0.4) is 0 Å². The number of hydrogen-bond donors (Lipinski definition) is 1. The molecule has 0 aliphatic carbocycles. The highest BCUT2D eigenvalue weighted by atomic mass is 35.5. The molecule has 0 saturated carbocycles. The quantitative estimate of drug-likeness (QED) is 0.651. The molecule has 0 fully saturated rings. The number of rotatable bonds is 5. The average Bonchev–Trinajstić information content (AvgIpc) is 2.49. The van der Waals surface area contributed by atoms with Crippen molar-refractivity contribution >= 4 is 41.3 Å². The highest BCUT2D eigenvalue weighted by Crippen LogP contribution is 2.22. The van der Waals surface area contributed by atoms with E-state index in [9.17, 15) is 0 Å². The first kappa shape index (κ1) is 15.4. The molecule has 21 heavy (non-hydrogen) atoms. The summed E-state index contributed by atoms with van der Waals surface area (Å²) in [6.07, 6.45) is 6.77. The maximum Gasteiger partial charge on any atom is 0.165 e. The molecule has 1 aromatic heterocycles. The van der Waals surface area contributed by atoms with Crippen LogP contribution in [0.1, 0.15) is 5.56 Å². The number of benzene rings is 1. The van der Waals surface area contributed by atoms with Gasteiger partial charge in [-0.1, -0.05) is 41.4 Å². The van der Waals surface area contributed by atoms with Crippen molar-refractivity contribution in [2.24, 2.45) is 5.10 Å². The molecule has 0 aliphatic rings. The molecule has 1 N–H and O–H groups in total. The summed E-state index contributed by atoms with van der Waals surface area (Å²) in [4.78, 5) is 4.03. The predicted octanol–water partition coefficient (Wildman–Crippen LogP) is 4.51. The van der Waals surface area contributed by atoms with E-state index in [4.69, 9.17) is 27.9 Å². The molecule has 0 spiro atoms. The van der Waals surface area contributed by atoms with E-state index in [1.807, 2.05) is 30.3 Å². The van der Waals surface area contributed by atoms with Crippen LogP contribution in [0, 0.1) is 0 Å². The van der Waals surface area contributed by atoms with Crippen molar-refractivity contribution in [2.75, 3.05) is 12.5 Å². The van der Waals surface area contributed by atoms with Crippen LogP contribution in [-0.2, 0) is 0 Å². The van der Waals surface area contributed by atoms with Crippen LogP contribution >= 0.6 is 23.2 Å². The molecular weight excluding hydrogens is 309 g/mol. The van der Waals surface area contributed by atoms with Gasteiger partial charge in [-0.05, 0) is 24.3 Å². The molecule has 0 aliphatic heterocycles. The average molecular weight is 322 g/mol. The van der Waals surface area contributed by atoms with E-state index in [0.717, 1.165) is 11.3 Å². The first-order valence-corrected chi connectivity index (χ1v) is 6.86. The van der Waals surface area contributed by atoms with E-state index < -0.39 is 0 Å². The summed E-state index contributed by atoms with van der Waals surface area (Å²) in [5.74, 6) is 1.25. The Morgan fingerprint density at radius 2 is 2.10 bits per heavy atom. The Kier molecular flexibility index (Phi) is 5.60. The fourth-order valence-electron chi connectivity index (χ4n) is 1.59. The second-order valence-electron chi connectivity index (χ2n) is 3.98. The van der Waals surface area contributed by atoms with Crippen LogP contribution in [0.2, 0.25) is 10.0 Å². The van der Waals surface area contributed by atoms with Gasteiger partial charge < -0.3 is 4.74 Å². The zero-order valence-corrected chi connectivity index (χ0v) is 12.8. The molecule has 0 atom stereocenters. The van der Waals surface area contributed by atoms with E-state index in [1.54, 1.807) is 25.5 Å². The Bertz CT molecular complexity index is 672. The number of hydrazone groups is 1. The largest absolute Gasteiger partial charge is 0.496 e. The minimum absolute atomic E-state index is 0.411. The zero-order chi connectivity index (χ0) is 15.1. The van der Waals surface area contributed by atoms with Crippen LogP contribution in [-0.4, -0.2) is 18.3 Å². The standard InChI is InChI=1S/C15H13Cl2N3O/c1-21-14-7-3-2-5-11(14)6-4-8-19-20-15-13(17)9-12(16)10-18-15/h2-10H,1H3,(H,18,20)/b6-4+,19-8+. The van der Waals surface area contributed by atoms with E-state index in [0.29, 0.717) is 15.9 Å². The van der Waals surface area contributed by atoms with Gasteiger partial charge in [0.1, 0.15) is 5.75 Å². The highest BCUT2D eigenvalue weighted by molar-refractivity contribution is 6.35. The van der Waals surface area contributed by atoms with Gasteiger partial charge in [-0.2, -0.15) is 5.10 Å². The molecule has 0 radical (unpaired) electrons. The number of nitrogens with one attached hydrogen (secondary N) is 1. The fraction of sp³-hybridized carbons (Fsp3) is 0.0667. The second-order valence-corrected chi connectivity index (χ2v) is 4.82.